The maximum absolute atomic E-state index is 13.6. The number of esters is 1. The first kappa shape index (κ1) is 94.5. The van der Waals surface area contributed by atoms with Gasteiger partial charge in [0.15, 0.2) is 0 Å². The number of aryl methyl sites for hydroxylation is 6. The van der Waals surface area contributed by atoms with Crippen molar-refractivity contribution in [2.75, 3.05) is 13.2 Å². The topological polar surface area (TPSA) is 68.6 Å². The van der Waals surface area contributed by atoms with Crippen LogP contribution in [0, 0.1) is 24.2 Å². The Labute approximate surface area is 730 Å². The lowest BCUT2D eigenvalue weighted by Crippen LogP contribution is -2.15. The van der Waals surface area contributed by atoms with E-state index in [1.54, 1.807) is 11.3 Å². The minimum atomic E-state index is -0.503. The smallest absolute Gasteiger partial charge is 0.348 e. The molecule has 0 spiro atoms. The summed E-state index contributed by atoms with van der Waals surface area (Å²) >= 11 is 15.8. The minimum Gasteiger partial charge on any atom is -0.491 e. The summed E-state index contributed by atoms with van der Waals surface area (Å²) in [6.07, 6.45) is 61.3. The summed E-state index contributed by atoms with van der Waals surface area (Å²) < 4.78 is 23.3. The molecule has 115 heavy (non-hydrogen) atoms. The second-order valence-electron chi connectivity index (χ2n) is 33.3. The zero-order valence-electron chi connectivity index (χ0n) is 73.3. The van der Waals surface area contributed by atoms with E-state index in [1.165, 1.54) is 336 Å². The van der Waals surface area contributed by atoms with E-state index >= 15 is 0 Å². The predicted octanol–water partition coefficient (Wildman–Crippen LogP) is 37.1. The number of ether oxygens (including phenoxy) is 3. The fourth-order valence-electron chi connectivity index (χ4n) is 16.3. The van der Waals surface area contributed by atoms with Gasteiger partial charge in [-0.25, -0.2) is 4.79 Å². The van der Waals surface area contributed by atoms with E-state index in [-0.39, 0.29) is 11.7 Å². The second-order valence-corrected chi connectivity index (χ2v) is 42.0. The van der Waals surface area contributed by atoms with Crippen LogP contribution in [0.4, 0.5) is 0 Å². The zero-order valence-corrected chi connectivity index (χ0v) is 79.9. The number of hydrogen-bond acceptors (Lipinski definition) is 13. The van der Waals surface area contributed by atoms with E-state index in [2.05, 4.69) is 148 Å². The Morgan fingerprint density at radius 3 is 1.22 bits per heavy atom. The highest BCUT2D eigenvalue weighted by Gasteiger charge is 2.29. The van der Waals surface area contributed by atoms with Crippen molar-refractivity contribution in [3.63, 3.8) is 0 Å². The van der Waals surface area contributed by atoms with E-state index in [0.717, 1.165) is 113 Å². The largest absolute Gasteiger partial charge is 0.491 e. The van der Waals surface area contributed by atoms with Gasteiger partial charge in [-0.15, -0.1) is 90.7 Å². The molecule has 0 aliphatic heterocycles. The summed E-state index contributed by atoms with van der Waals surface area (Å²) in [6.45, 7) is 26.6. The van der Waals surface area contributed by atoms with Gasteiger partial charge in [0, 0.05) is 79.1 Å². The van der Waals surface area contributed by atoms with Crippen LogP contribution < -0.4 is 9.47 Å². The van der Waals surface area contributed by atoms with Gasteiger partial charge in [0.2, 0.25) is 0 Å². The molecule has 1 aromatic carbocycles. The third-order valence-electron chi connectivity index (χ3n) is 23.6. The molecule has 0 fully saturated rings. The number of nitrogens with zero attached hydrogens (tertiary/aromatic N) is 1. The van der Waals surface area contributed by atoms with Crippen LogP contribution in [0.2, 0.25) is 0 Å². The number of rotatable bonds is 63. The Hall–Kier alpha value is -4.36. The molecular weight excluding hydrogens is 1560 g/mol. The summed E-state index contributed by atoms with van der Waals surface area (Å²) in [4.78, 5) is 32.5. The molecule has 0 aliphatic rings. The number of carbonyl (C=O) groups excluding carboxylic acids is 1. The van der Waals surface area contributed by atoms with Gasteiger partial charge in [-0.3, -0.25) is 0 Å². The van der Waals surface area contributed by atoms with Crippen molar-refractivity contribution >= 4 is 123 Å². The fraction of sp³-hybridized carbons (Fsp3) is 0.627. The summed E-state index contributed by atoms with van der Waals surface area (Å²) in [5.74, 6) is 2.13. The quantitative estimate of drug-likeness (QED) is 0.0164. The number of thiophene rings is 8. The van der Waals surface area contributed by atoms with E-state index in [0.29, 0.717) is 12.5 Å². The Bertz CT molecular complexity index is 4310. The number of unbranched alkanes of at least 4 members (excludes halogenated alkanes) is 32. The second kappa shape index (κ2) is 53.4. The van der Waals surface area contributed by atoms with Crippen molar-refractivity contribution in [1.82, 2.24) is 0 Å². The number of fused-ring (bicyclic) bond motifs is 2. The maximum atomic E-state index is 13.6. The van der Waals surface area contributed by atoms with Crippen LogP contribution in [0.15, 0.2) is 60.2 Å². The third kappa shape index (κ3) is 29.2. The highest BCUT2D eigenvalue weighted by Crippen LogP contribution is 2.57. The Balaban J connectivity index is 1.14. The molecule has 632 valence electrons. The first-order valence-electron chi connectivity index (χ1n) is 46.8. The van der Waals surface area contributed by atoms with E-state index in [9.17, 15) is 10.1 Å². The van der Waals surface area contributed by atoms with Crippen LogP contribution in [-0.4, -0.2) is 25.3 Å². The van der Waals surface area contributed by atoms with Crippen LogP contribution in [0.25, 0.3) is 84.8 Å². The van der Waals surface area contributed by atoms with E-state index in [1.807, 2.05) is 74.1 Å². The summed E-state index contributed by atoms with van der Waals surface area (Å²) in [5, 5.41) is 12.9. The molecule has 0 radical (unpaired) electrons. The van der Waals surface area contributed by atoms with Gasteiger partial charge in [-0.1, -0.05) is 294 Å². The Morgan fingerprint density at radius 1 is 0.374 bits per heavy atom. The standard InChI is InChI=1S/C102H147NO4S8/c1-12-22-30-36-42-48-55-76-66-88(108-74(76)11)90-70-84-94(106-73-75(20-9)54-28-18-7)100-85(95(101(84)113-90)107-82(21-10)60-29-19-8)71-91(112-100)89-67-78(57-50-44-38-32-24-14-3)99(111-89)93-69-80(59-52-46-40-34-26-16-5)97(115-93)87-62-61-86(110-87)96-79(58-51-45-39-33-25-15-4)68-92(114-96)98-77(56-49-43-37-31-23-13-2)64-83(109-98)65-81(72-103)102(104)105-63-53-47-41-35-27-17-6/h61-62,64-71,75,82H,12-60,63,73H2,1-11H3/b81-65+. The molecule has 0 amide bonds. The maximum Gasteiger partial charge on any atom is 0.348 e. The predicted molar refractivity (Wildman–Crippen MR) is 518 cm³/mol. The van der Waals surface area contributed by atoms with Gasteiger partial charge >= 0.3 is 5.97 Å². The van der Waals surface area contributed by atoms with Crippen molar-refractivity contribution in [2.45, 2.75) is 397 Å². The van der Waals surface area contributed by atoms with Crippen LogP contribution in [0.3, 0.4) is 0 Å². The molecule has 0 N–H and O–H groups in total. The number of benzene rings is 1. The summed E-state index contributed by atoms with van der Waals surface area (Å²) in [7, 11) is 0. The lowest BCUT2D eigenvalue weighted by molar-refractivity contribution is -0.138. The number of nitriles is 1. The molecule has 8 heterocycles. The van der Waals surface area contributed by atoms with Crippen LogP contribution in [-0.2, 0) is 41.6 Å². The lowest BCUT2D eigenvalue weighted by Gasteiger charge is -2.21. The first-order valence-corrected chi connectivity index (χ1v) is 53.3. The zero-order chi connectivity index (χ0) is 81.4. The van der Waals surface area contributed by atoms with Gasteiger partial charge in [0.05, 0.1) is 28.7 Å². The van der Waals surface area contributed by atoms with Crippen molar-refractivity contribution in [3.8, 4) is 76.1 Å². The average molecular weight is 1710 g/mol. The SMILES string of the molecule is CCCCCCCCOC(=O)/C(C#N)=C/c1cc(CCCCCCCC)c(-c2cc(CCCCCCCC)c(-c3ccc(-c4sc(-c5sc(-c6cc7c(OC(CC)CCCC)c8sc(-c9cc(CCCCCCCC)c(C)s9)cc8c(OCC(CC)CCCC)c7s6)cc5CCCCCCCC)cc4CCCCCCCC)s3)s2)s1. The molecule has 2 atom stereocenters. The average Bonchev–Trinajstić information content (AvgIpc) is 1.58. The lowest BCUT2D eigenvalue weighted by atomic mass is 10.0. The van der Waals surface area contributed by atoms with Gasteiger partial charge in [0.1, 0.15) is 23.1 Å². The highest BCUT2D eigenvalue weighted by molar-refractivity contribution is 7.32. The van der Waals surface area contributed by atoms with Crippen LogP contribution in [0.5, 0.6) is 11.5 Å². The molecular formula is C102H147NO4S8. The van der Waals surface area contributed by atoms with Crippen LogP contribution >= 0.6 is 90.7 Å². The molecule has 9 rings (SSSR count). The molecule has 0 aliphatic carbocycles. The summed E-state index contributed by atoms with van der Waals surface area (Å²) in [5.41, 5.74) is 7.44. The van der Waals surface area contributed by atoms with Crippen molar-refractivity contribution in [2.24, 2.45) is 5.92 Å². The minimum absolute atomic E-state index is 0.0922. The first-order chi connectivity index (χ1) is 56.4. The summed E-state index contributed by atoms with van der Waals surface area (Å²) in [6, 6.07) is 24.9. The number of carbonyl (C=O) groups is 1. The normalized spacial score (nSPS) is 12.5. The van der Waals surface area contributed by atoms with Gasteiger partial charge in [-0.2, -0.15) is 5.26 Å². The monoisotopic (exact) mass is 1710 g/mol. The molecule has 2 unspecified atom stereocenters. The van der Waals surface area contributed by atoms with Gasteiger partial charge in [-0.05, 0) is 191 Å². The van der Waals surface area contributed by atoms with Gasteiger partial charge in [0.25, 0.3) is 0 Å². The molecule has 0 saturated carbocycles. The van der Waals surface area contributed by atoms with E-state index < -0.39 is 5.97 Å². The van der Waals surface area contributed by atoms with E-state index in [4.69, 9.17) is 14.2 Å². The van der Waals surface area contributed by atoms with Crippen molar-refractivity contribution in [1.29, 1.82) is 5.26 Å². The van der Waals surface area contributed by atoms with Crippen LogP contribution in [0.1, 0.15) is 389 Å². The van der Waals surface area contributed by atoms with Gasteiger partial charge < -0.3 is 14.2 Å². The Kier molecular flexibility index (Phi) is 43.9. The molecule has 5 nitrogen and oxygen atoms in total. The molecule has 0 saturated heterocycles. The number of hydrogen-bond donors (Lipinski definition) is 0. The highest BCUT2D eigenvalue weighted by atomic mass is 32.1. The van der Waals surface area contributed by atoms with Crippen molar-refractivity contribution < 1.29 is 19.0 Å². The molecule has 13 heteroatoms. The van der Waals surface area contributed by atoms with Crippen molar-refractivity contribution in [3.05, 3.63) is 97.7 Å². The molecule has 0 bridgehead atoms. The molecule has 8 aromatic heterocycles. The fourth-order valence-corrected chi connectivity index (χ4v) is 26.2. The Morgan fingerprint density at radius 2 is 0.748 bits per heavy atom. The molecule has 9 aromatic rings. The third-order valence-corrected chi connectivity index (χ3v) is 33.8.